The first-order valence-corrected chi connectivity index (χ1v) is 8.67. The second kappa shape index (κ2) is 5.90. The van der Waals surface area contributed by atoms with Gasteiger partial charge in [0, 0.05) is 32.3 Å². The fraction of sp³-hybridized carbons (Fsp3) is 0.278. The Morgan fingerprint density at radius 3 is 2.59 bits per heavy atom. The van der Waals surface area contributed by atoms with E-state index in [4.69, 9.17) is 16.6 Å². The summed E-state index contributed by atoms with van der Waals surface area (Å²) in [6.45, 7) is 6.65. The molecule has 0 aliphatic rings. The minimum atomic E-state index is 0.110. The SMILES string of the molecule is CCC(C)(C)c1csc(Nc2ccc(Cl)c3ccccc23)n1. The van der Waals surface area contributed by atoms with Gasteiger partial charge in [0.05, 0.1) is 5.69 Å². The zero-order valence-electron chi connectivity index (χ0n) is 13.0. The van der Waals surface area contributed by atoms with Crippen molar-refractivity contribution in [2.24, 2.45) is 0 Å². The van der Waals surface area contributed by atoms with Crippen LogP contribution in [-0.2, 0) is 5.41 Å². The normalized spacial score (nSPS) is 11.8. The highest BCUT2D eigenvalue weighted by molar-refractivity contribution is 7.13. The average Bonchev–Trinajstić information content (AvgIpc) is 3.00. The summed E-state index contributed by atoms with van der Waals surface area (Å²) in [6.07, 6.45) is 1.07. The predicted octanol–water partition coefficient (Wildman–Crippen LogP) is 6.38. The van der Waals surface area contributed by atoms with Crippen LogP contribution in [0.5, 0.6) is 0 Å². The Labute approximate surface area is 140 Å². The van der Waals surface area contributed by atoms with Gasteiger partial charge in [0.2, 0.25) is 0 Å². The molecule has 0 saturated carbocycles. The van der Waals surface area contributed by atoms with E-state index in [-0.39, 0.29) is 5.41 Å². The maximum atomic E-state index is 6.27. The van der Waals surface area contributed by atoms with Gasteiger partial charge in [0.25, 0.3) is 0 Å². The molecule has 3 rings (SSSR count). The van der Waals surface area contributed by atoms with Crippen molar-refractivity contribution in [2.75, 3.05) is 5.32 Å². The summed E-state index contributed by atoms with van der Waals surface area (Å²) in [7, 11) is 0. The molecule has 22 heavy (non-hydrogen) atoms. The molecule has 0 radical (unpaired) electrons. The van der Waals surface area contributed by atoms with E-state index in [1.807, 2.05) is 30.3 Å². The van der Waals surface area contributed by atoms with Crippen LogP contribution >= 0.6 is 22.9 Å². The molecule has 2 aromatic carbocycles. The van der Waals surface area contributed by atoms with Crippen LogP contribution in [0.1, 0.15) is 32.9 Å². The van der Waals surface area contributed by atoms with E-state index in [0.717, 1.165) is 38.7 Å². The van der Waals surface area contributed by atoms with Crippen molar-refractivity contribution >= 4 is 44.5 Å². The van der Waals surface area contributed by atoms with E-state index in [1.165, 1.54) is 0 Å². The summed E-state index contributed by atoms with van der Waals surface area (Å²) < 4.78 is 0. The molecule has 0 spiro atoms. The van der Waals surface area contributed by atoms with Crippen molar-refractivity contribution in [3.05, 3.63) is 52.5 Å². The van der Waals surface area contributed by atoms with Crippen LogP contribution in [0, 0.1) is 0 Å². The van der Waals surface area contributed by atoms with Crippen molar-refractivity contribution < 1.29 is 0 Å². The molecule has 4 heteroatoms. The summed E-state index contributed by atoms with van der Waals surface area (Å²) in [5.41, 5.74) is 2.29. The number of rotatable bonds is 4. The average molecular weight is 331 g/mol. The van der Waals surface area contributed by atoms with E-state index in [1.54, 1.807) is 11.3 Å². The Morgan fingerprint density at radius 1 is 1.14 bits per heavy atom. The first kappa shape index (κ1) is 15.3. The first-order chi connectivity index (χ1) is 10.5. The maximum absolute atomic E-state index is 6.27. The first-order valence-electron chi connectivity index (χ1n) is 7.41. The second-order valence-corrected chi connectivity index (χ2v) is 7.31. The monoisotopic (exact) mass is 330 g/mol. The van der Waals surface area contributed by atoms with E-state index < -0.39 is 0 Å². The molecular weight excluding hydrogens is 312 g/mol. The van der Waals surface area contributed by atoms with Gasteiger partial charge in [-0.15, -0.1) is 11.3 Å². The summed E-state index contributed by atoms with van der Waals surface area (Å²) in [6, 6.07) is 12.1. The number of hydrogen-bond acceptors (Lipinski definition) is 3. The van der Waals surface area contributed by atoms with Crippen LogP contribution in [0.4, 0.5) is 10.8 Å². The molecule has 0 saturated heterocycles. The summed E-state index contributed by atoms with van der Waals surface area (Å²) in [5.74, 6) is 0. The molecule has 0 bridgehead atoms. The summed E-state index contributed by atoms with van der Waals surface area (Å²) in [4.78, 5) is 4.75. The number of anilines is 2. The lowest BCUT2D eigenvalue weighted by Crippen LogP contribution is -2.15. The molecule has 114 valence electrons. The molecule has 1 heterocycles. The third kappa shape index (κ3) is 2.83. The molecule has 2 nitrogen and oxygen atoms in total. The molecule has 0 aliphatic heterocycles. The van der Waals surface area contributed by atoms with E-state index >= 15 is 0 Å². The van der Waals surface area contributed by atoms with Gasteiger partial charge in [-0.3, -0.25) is 0 Å². The van der Waals surface area contributed by atoms with E-state index in [9.17, 15) is 0 Å². The lowest BCUT2D eigenvalue weighted by atomic mass is 9.87. The number of aromatic nitrogens is 1. The number of thiazole rings is 1. The lowest BCUT2D eigenvalue weighted by molar-refractivity contribution is 0.494. The maximum Gasteiger partial charge on any atom is 0.187 e. The van der Waals surface area contributed by atoms with Gasteiger partial charge in [-0.25, -0.2) is 4.98 Å². The fourth-order valence-electron chi connectivity index (χ4n) is 2.31. The zero-order chi connectivity index (χ0) is 15.7. The van der Waals surface area contributed by atoms with Gasteiger partial charge in [-0.1, -0.05) is 56.6 Å². The second-order valence-electron chi connectivity index (χ2n) is 6.04. The molecule has 0 atom stereocenters. The zero-order valence-corrected chi connectivity index (χ0v) is 14.6. The van der Waals surface area contributed by atoms with Crippen LogP contribution in [0.3, 0.4) is 0 Å². The van der Waals surface area contributed by atoms with Crippen molar-refractivity contribution in [3.8, 4) is 0 Å². The van der Waals surface area contributed by atoms with Crippen LogP contribution < -0.4 is 5.32 Å². The predicted molar refractivity (Wildman–Crippen MR) is 97.7 cm³/mol. The van der Waals surface area contributed by atoms with E-state index in [0.29, 0.717) is 0 Å². The third-order valence-corrected chi connectivity index (χ3v) is 5.28. The Hall–Kier alpha value is -1.58. The molecule has 0 aliphatic carbocycles. The van der Waals surface area contributed by atoms with Crippen LogP contribution in [0.25, 0.3) is 10.8 Å². The number of nitrogens with zero attached hydrogens (tertiary/aromatic N) is 1. The molecule has 0 fully saturated rings. The van der Waals surface area contributed by atoms with E-state index in [2.05, 4.69) is 37.5 Å². The Balaban J connectivity index is 1.96. The minimum Gasteiger partial charge on any atom is -0.331 e. The van der Waals surface area contributed by atoms with Crippen molar-refractivity contribution in [1.29, 1.82) is 0 Å². The van der Waals surface area contributed by atoms with Gasteiger partial charge in [0.1, 0.15) is 0 Å². The number of nitrogens with one attached hydrogen (secondary N) is 1. The lowest BCUT2D eigenvalue weighted by Gasteiger charge is -2.19. The molecule has 0 unspecified atom stereocenters. The molecule has 1 aromatic heterocycles. The molecule has 0 amide bonds. The number of hydrogen-bond donors (Lipinski definition) is 1. The largest absolute Gasteiger partial charge is 0.331 e. The van der Waals surface area contributed by atoms with Gasteiger partial charge in [-0.2, -0.15) is 0 Å². The van der Waals surface area contributed by atoms with Crippen LogP contribution in [0.2, 0.25) is 5.02 Å². The fourth-order valence-corrected chi connectivity index (χ4v) is 3.45. The summed E-state index contributed by atoms with van der Waals surface area (Å²) in [5, 5.41) is 9.44. The van der Waals surface area contributed by atoms with Crippen molar-refractivity contribution in [1.82, 2.24) is 4.98 Å². The van der Waals surface area contributed by atoms with Crippen molar-refractivity contribution in [2.45, 2.75) is 32.6 Å². The Bertz CT molecular complexity index is 808. The third-order valence-electron chi connectivity index (χ3n) is 4.19. The minimum absolute atomic E-state index is 0.110. The highest BCUT2D eigenvalue weighted by atomic mass is 35.5. The highest BCUT2D eigenvalue weighted by Gasteiger charge is 2.21. The van der Waals surface area contributed by atoms with Crippen LogP contribution in [0.15, 0.2) is 41.8 Å². The van der Waals surface area contributed by atoms with Crippen molar-refractivity contribution in [3.63, 3.8) is 0 Å². The smallest absolute Gasteiger partial charge is 0.187 e. The Morgan fingerprint density at radius 2 is 1.86 bits per heavy atom. The Kier molecular flexibility index (Phi) is 4.11. The standard InChI is InChI=1S/C18H19ClN2S/c1-4-18(2,3)16-11-22-17(21-16)20-15-10-9-14(19)12-7-5-6-8-13(12)15/h5-11H,4H2,1-3H3,(H,20,21). The van der Waals surface area contributed by atoms with Gasteiger partial charge >= 0.3 is 0 Å². The summed E-state index contributed by atoms with van der Waals surface area (Å²) >= 11 is 7.92. The quantitative estimate of drug-likeness (QED) is 0.600. The van der Waals surface area contributed by atoms with Gasteiger partial charge < -0.3 is 5.32 Å². The van der Waals surface area contributed by atoms with Gasteiger partial charge in [0.15, 0.2) is 5.13 Å². The highest BCUT2D eigenvalue weighted by Crippen LogP contribution is 2.34. The van der Waals surface area contributed by atoms with Crippen LogP contribution in [-0.4, -0.2) is 4.98 Å². The number of halogens is 1. The topological polar surface area (TPSA) is 24.9 Å². The molecular formula is C18H19ClN2S. The number of fused-ring (bicyclic) bond motifs is 1. The van der Waals surface area contributed by atoms with Gasteiger partial charge in [-0.05, 0) is 18.6 Å². The molecule has 3 aromatic rings. The molecule has 1 N–H and O–H groups in total. The number of benzene rings is 2.